The Labute approximate surface area is 114 Å². The highest BCUT2D eigenvalue weighted by Gasteiger charge is 2.09. The summed E-state index contributed by atoms with van der Waals surface area (Å²) in [4.78, 5) is 13.8. The van der Waals surface area contributed by atoms with Crippen LogP contribution in [0, 0.1) is 0 Å². The quantitative estimate of drug-likeness (QED) is 0.732. The molecule has 0 amide bonds. The summed E-state index contributed by atoms with van der Waals surface area (Å²) in [6, 6.07) is 1.85. The first kappa shape index (κ1) is 15.7. The number of hydrogen-bond donors (Lipinski definition) is 2. The molecule has 6 nitrogen and oxygen atoms in total. The predicted molar refractivity (Wildman–Crippen MR) is 76.6 cm³/mol. The van der Waals surface area contributed by atoms with Crippen LogP contribution in [0.25, 0.3) is 0 Å². The molecular formula is C13H24N4O2. The van der Waals surface area contributed by atoms with E-state index in [0.717, 1.165) is 12.2 Å². The van der Waals surface area contributed by atoms with Gasteiger partial charge in [0, 0.05) is 32.2 Å². The Hall–Kier alpha value is -1.40. The van der Waals surface area contributed by atoms with Crippen molar-refractivity contribution in [2.45, 2.75) is 39.5 Å². The Morgan fingerprint density at radius 2 is 2.21 bits per heavy atom. The van der Waals surface area contributed by atoms with Crippen LogP contribution in [0.1, 0.15) is 20.8 Å². The SMILES string of the molecule is CCN(C)c1cnn(CC(O)CNC(C)C)c(=O)c1. The van der Waals surface area contributed by atoms with Gasteiger partial charge in [-0.3, -0.25) is 4.79 Å². The lowest BCUT2D eigenvalue weighted by molar-refractivity contribution is 0.142. The van der Waals surface area contributed by atoms with Gasteiger partial charge in [0.25, 0.3) is 5.56 Å². The van der Waals surface area contributed by atoms with Crippen molar-refractivity contribution in [3.8, 4) is 0 Å². The van der Waals surface area contributed by atoms with E-state index in [1.807, 2.05) is 32.7 Å². The third kappa shape index (κ3) is 5.00. The van der Waals surface area contributed by atoms with Gasteiger partial charge in [-0.15, -0.1) is 0 Å². The maximum atomic E-state index is 11.9. The number of aliphatic hydroxyl groups is 1. The van der Waals surface area contributed by atoms with Crippen molar-refractivity contribution in [3.05, 3.63) is 22.6 Å². The minimum absolute atomic E-state index is 0.193. The molecular weight excluding hydrogens is 244 g/mol. The van der Waals surface area contributed by atoms with E-state index >= 15 is 0 Å². The smallest absolute Gasteiger partial charge is 0.268 e. The van der Waals surface area contributed by atoms with Crippen LogP contribution in [-0.4, -0.2) is 47.2 Å². The Balaban J connectivity index is 2.67. The number of nitrogens with one attached hydrogen (secondary N) is 1. The monoisotopic (exact) mass is 268 g/mol. The second-order valence-electron chi connectivity index (χ2n) is 4.97. The van der Waals surface area contributed by atoms with E-state index in [0.29, 0.717) is 12.6 Å². The lowest BCUT2D eigenvalue weighted by Crippen LogP contribution is -2.37. The number of aromatic nitrogens is 2. The topological polar surface area (TPSA) is 70.4 Å². The van der Waals surface area contributed by atoms with Crippen molar-refractivity contribution in [1.29, 1.82) is 0 Å². The lowest BCUT2D eigenvalue weighted by Gasteiger charge is -2.17. The molecule has 1 aromatic heterocycles. The van der Waals surface area contributed by atoms with Gasteiger partial charge in [-0.25, -0.2) is 4.68 Å². The highest BCUT2D eigenvalue weighted by Crippen LogP contribution is 2.05. The zero-order valence-corrected chi connectivity index (χ0v) is 12.1. The summed E-state index contributed by atoms with van der Waals surface area (Å²) in [5.74, 6) is 0. The molecule has 0 spiro atoms. The summed E-state index contributed by atoms with van der Waals surface area (Å²) >= 11 is 0. The van der Waals surface area contributed by atoms with Crippen molar-refractivity contribution < 1.29 is 5.11 Å². The maximum Gasteiger partial charge on any atom is 0.268 e. The van der Waals surface area contributed by atoms with Crippen LogP contribution in [0.4, 0.5) is 5.69 Å². The number of nitrogens with zero attached hydrogens (tertiary/aromatic N) is 3. The molecule has 108 valence electrons. The molecule has 0 aliphatic carbocycles. The van der Waals surface area contributed by atoms with Gasteiger partial charge in [-0.2, -0.15) is 5.10 Å². The van der Waals surface area contributed by atoms with Crippen LogP contribution >= 0.6 is 0 Å². The van der Waals surface area contributed by atoms with Gasteiger partial charge in [0.1, 0.15) is 0 Å². The number of aliphatic hydroxyl groups excluding tert-OH is 1. The minimum atomic E-state index is -0.623. The van der Waals surface area contributed by atoms with Crippen LogP contribution < -0.4 is 15.8 Å². The molecule has 0 saturated heterocycles. The fourth-order valence-corrected chi connectivity index (χ4v) is 1.59. The van der Waals surface area contributed by atoms with Crippen molar-refractivity contribution in [1.82, 2.24) is 15.1 Å². The number of rotatable bonds is 7. The van der Waals surface area contributed by atoms with Crippen LogP contribution in [0.15, 0.2) is 17.1 Å². The van der Waals surface area contributed by atoms with Gasteiger partial charge in [0.2, 0.25) is 0 Å². The highest BCUT2D eigenvalue weighted by molar-refractivity contribution is 5.41. The van der Waals surface area contributed by atoms with Gasteiger partial charge in [0.15, 0.2) is 0 Å². The van der Waals surface area contributed by atoms with Gasteiger partial charge in [-0.05, 0) is 6.92 Å². The van der Waals surface area contributed by atoms with Crippen molar-refractivity contribution in [3.63, 3.8) is 0 Å². The average Bonchev–Trinajstić information content (AvgIpc) is 2.37. The lowest BCUT2D eigenvalue weighted by atomic mass is 10.3. The van der Waals surface area contributed by atoms with Crippen LogP contribution in [0.5, 0.6) is 0 Å². The molecule has 0 fully saturated rings. The van der Waals surface area contributed by atoms with E-state index in [1.54, 1.807) is 12.3 Å². The minimum Gasteiger partial charge on any atom is -0.390 e. The Morgan fingerprint density at radius 1 is 1.53 bits per heavy atom. The molecule has 2 N–H and O–H groups in total. The Morgan fingerprint density at radius 3 is 2.74 bits per heavy atom. The van der Waals surface area contributed by atoms with E-state index < -0.39 is 6.10 Å². The molecule has 1 unspecified atom stereocenters. The van der Waals surface area contributed by atoms with Crippen LogP contribution in [0.3, 0.4) is 0 Å². The van der Waals surface area contributed by atoms with E-state index in [1.165, 1.54) is 4.68 Å². The maximum absolute atomic E-state index is 11.9. The van der Waals surface area contributed by atoms with Crippen LogP contribution in [-0.2, 0) is 6.54 Å². The fraction of sp³-hybridized carbons (Fsp3) is 0.692. The van der Waals surface area contributed by atoms with Gasteiger partial charge >= 0.3 is 0 Å². The van der Waals surface area contributed by atoms with Crippen molar-refractivity contribution in [2.24, 2.45) is 0 Å². The van der Waals surface area contributed by atoms with Gasteiger partial charge in [0.05, 0.1) is 24.5 Å². The van der Waals surface area contributed by atoms with E-state index in [9.17, 15) is 9.90 Å². The largest absolute Gasteiger partial charge is 0.390 e. The first-order chi connectivity index (χ1) is 8.93. The average molecular weight is 268 g/mol. The first-order valence-electron chi connectivity index (χ1n) is 6.63. The molecule has 0 saturated carbocycles. The third-order valence-electron chi connectivity index (χ3n) is 2.92. The van der Waals surface area contributed by atoms with E-state index in [4.69, 9.17) is 0 Å². The second-order valence-corrected chi connectivity index (χ2v) is 4.97. The molecule has 0 radical (unpaired) electrons. The van der Waals surface area contributed by atoms with Crippen LogP contribution in [0.2, 0.25) is 0 Å². The van der Waals surface area contributed by atoms with E-state index in [-0.39, 0.29) is 12.1 Å². The molecule has 0 aliphatic heterocycles. The standard InChI is InChI=1S/C13H24N4O2/c1-5-16(4)11-6-13(19)17(15-7-11)9-12(18)8-14-10(2)3/h6-7,10,12,14,18H,5,8-9H2,1-4H3. The zero-order valence-electron chi connectivity index (χ0n) is 12.1. The fourth-order valence-electron chi connectivity index (χ4n) is 1.59. The molecule has 1 rings (SSSR count). The molecule has 1 heterocycles. The Kier molecular flexibility index (Phi) is 5.98. The van der Waals surface area contributed by atoms with E-state index in [2.05, 4.69) is 10.4 Å². The molecule has 1 atom stereocenters. The molecule has 19 heavy (non-hydrogen) atoms. The molecule has 0 bridgehead atoms. The van der Waals surface area contributed by atoms with Crippen molar-refractivity contribution in [2.75, 3.05) is 25.0 Å². The summed E-state index contributed by atoms with van der Waals surface area (Å²) < 4.78 is 1.29. The second kappa shape index (κ2) is 7.25. The molecule has 6 heteroatoms. The first-order valence-corrected chi connectivity index (χ1v) is 6.63. The molecule has 0 aromatic carbocycles. The highest BCUT2D eigenvalue weighted by atomic mass is 16.3. The summed E-state index contributed by atoms with van der Waals surface area (Å²) in [5.41, 5.74) is 0.597. The van der Waals surface area contributed by atoms with Gasteiger partial charge in [-0.1, -0.05) is 13.8 Å². The normalized spacial score (nSPS) is 12.7. The summed E-state index contributed by atoms with van der Waals surface area (Å²) in [6.07, 6.45) is 1.02. The predicted octanol–water partition coefficient (Wildman–Crippen LogP) is 0.0583. The molecule has 1 aromatic rings. The summed E-state index contributed by atoms with van der Waals surface area (Å²) in [7, 11) is 1.90. The number of hydrogen-bond acceptors (Lipinski definition) is 5. The zero-order chi connectivity index (χ0) is 14.4. The van der Waals surface area contributed by atoms with Crippen molar-refractivity contribution >= 4 is 5.69 Å². The molecule has 0 aliphatic rings. The summed E-state index contributed by atoms with van der Waals surface area (Å²) in [6.45, 7) is 7.48. The summed E-state index contributed by atoms with van der Waals surface area (Å²) in [5, 5.41) is 17.0. The number of anilines is 1. The van der Waals surface area contributed by atoms with Gasteiger partial charge < -0.3 is 15.3 Å². The third-order valence-corrected chi connectivity index (χ3v) is 2.92. The Bertz CT molecular complexity index is 445.